The third-order valence-electron chi connectivity index (χ3n) is 5.45. The van der Waals surface area contributed by atoms with Crippen LogP contribution in [-0.2, 0) is 0 Å². The molecule has 7 nitrogen and oxygen atoms in total. The summed E-state index contributed by atoms with van der Waals surface area (Å²) in [7, 11) is 0. The Morgan fingerprint density at radius 2 is 2.00 bits per heavy atom. The number of ether oxygens (including phenoxy) is 2. The van der Waals surface area contributed by atoms with E-state index in [1.165, 1.54) is 25.7 Å². The van der Waals surface area contributed by atoms with Gasteiger partial charge in [0.1, 0.15) is 18.2 Å². The second-order valence-corrected chi connectivity index (χ2v) is 7.36. The van der Waals surface area contributed by atoms with Crippen molar-refractivity contribution in [3.8, 4) is 11.5 Å². The molecule has 5 rings (SSSR count). The fourth-order valence-corrected chi connectivity index (χ4v) is 3.97. The maximum absolute atomic E-state index is 12.6. The minimum absolute atomic E-state index is 0.188. The number of aromatic nitrogens is 3. The van der Waals surface area contributed by atoms with Gasteiger partial charge in [-0.1, -0.05) is 25.0 Å². The molecule has 2 aromatic heterocycles. The molecule has 3 heterocycles. The lowest BCUT2D eigenvalue weighted by Gasteiger charge is -2.26. The molecule has 1 aromatic carbocycles. The minimum Gasteiger partial charge on any atom is -0.486 e. The summed E-state index contributed by atoms with van der Waals surface area (Å²) in [5.41, 5.74) is 2.11. The van der Waals surface area contributed by atoms with Gasteiger partial charge in [0.15, 0.2) is 17.1 Å². The quantitative estimate of drug-likeness (QED) is 0.755. The van der Waals surface area contributed by atoms with Gasteiger partial charge in [-0.25, -0.2) is 9.97 Å². The predicted molar refractivity (Wildman–Crippen MR) is 104 cm³/mol. The van der Waals surface area contributed by atoms with E-state index in [0.29, 0.717) is 30.5 Å². The van der Waals surface area contributed by atoms with Crippen molar-refractivity contribution in [3.63, 3.8) is 0 Å². The molecular weight excluding hydrogens is 356 g/mol. The van der Waals surface area contributed by atoms with Crippen molar-refractivity contribution < 1.29 is 14.3 Å². The number of carbonyl (C=O) groups is 1. The molecule has 1 amide bonds. The lowest BCUT2D eigenvalue weighted by atomic mass is 10.2. The number of rotatable bonds is 4. The van der Waals surface area contributed by atoms with E-state index >= 15 is 0 Å². The van der Waals surface area contributed by atoms with E-state index in [0.717, 1.165) is 16.9 Å². The van der Waals surface area contributed by atoms with Crippen LogP contribution in [-0.4, -0.2) is 39.7 Å². The Balaban J connectivity index is 1.25. The molecule has 3 aromatic rings. The standard InChI is InChI=1S/C21H22N4O3/c26-21(23-11-16-12-27-18-7-3-4-8-19(18)28-16)14-9-17-20(22-10-14)25(13-24-17)15-5-1-2-6-15/h3-4,7-10,13,15-16H,1-2,5-6,11-12H2,(H,23,26). The summed E-state index contributed by atoms with van der Waals surface area (Å²) < 4.78 is 13.7. The fourth-order valence-electron chi connectivity index (χ4n) is 3.97. The highest BCUT2D eigenvalue weighted by Crippen LogP contribution is 2.32. The second-order valence-electron chi connectivity index (χ2n) is 7.36. The van der Waals surface area contributed by atoms with Gasteiger partial charge in [-0.3, -0.25) is 4.79 Å². The van der Waals surface area contributed by atoms with Gasteiger partial charge >= 0.3 is 0 Å². The van der Waals surface area contributed by atoms with Crippen LogP contribution in [0.15, 0.2) is 42.9 Å². The van der Waals surface area contributed by atoms with Crippen LogP contribution in [0.5, 0.6) is 11.5 Å². The zero-order valence-corrected chi connectivity index (χ0v) is 15.5. The smallest absolute Gasteiger partial charge is 0.253 e. The summed E-state index contributed by atoms with van der Waals surface area (Å²) in [5.74, 6) is 1.25. The first-order chi connectivity index (χ1) is 13.8. The Labute approximate surface area is 162 Å². The molecule has 2 aliphatic rings. The van der Waals surface area contributed by atoms with Gasteiger partial charge < -0.3 is 19.4 Å². The number of amides is 1. The molecule has 7 heteroatoms. The van der Waals surface area contributed by atoms with Crippen molar-refractivity contribution in [1.29, 1.82) is 0 Å². The topological polar surface area (TPSA) is 78.3 Å². The number of para-hydroxylation sites is 2. The maximum Gasteiger partial charge on any atom is 0.253 e. The molecule has 0 spiro atoms. The number of carbonyl (C=O) groups excluding carboxylic acids is 1. The third kappa shape index (κ3) is 3.17. The van der Waals surface area contributed by atoms with E-state index in [1.54, 1.807) is 12.3 Å². The SMILES string of the molecule is O=C(NCC1COc2ccccc2O1)c1cnc2c(c1)ncn2C1CCCC1. The largest absolute Gasteiger partial charge is 0.486 e. The maximum atomic E-state index is 12.6. The minimum atomic E-state index is -0.225. The number of nitrogens with zero attached hydrogens (tertiary/aromatic N) is 3. The summed E-state index contributed by atoms with van der Waals surface area (Å²) >= 11 is 0. The molecule has 28 heavy (non-hydrogen) atoms. The van der Waals surface area contributed by atoms with E-state index in [9.17, 15) is 4.79 Å². The van der Waals surface area contributed by atoms with Gasteiger partial charge in [-0.2, -0.15) is 0 Å². The van der Waals surface area contributed by atoms with E-state index in [4.69, 9.17) is 9.47 Å². The van der Waals surface area contributed by atoms with E-state index in [-0.39, 0.29) is 12.0 Å². The molecule has 1 fully saturated rings. The van der Waals surface area contributed by atoms with Crippen LogP contribution in [0.2, 0.25) is 0 Å². The second kappa shape index (κ2) is 7.14. The van der Waals surface area contributed by atoms with Crippen LogP contribution in [0.3, 0.4) is 0 Å². The zero-order chi connectivity index (χ0) is 18.9. The Hall–Kier alpha value is -3.09. The third-order valence-corrected chi connectivity index (χ3v) is 5.45. The molecule has 1 unspecified atom stereocenters. The molecule has 1 atom stereocenters. The molecule has 1 saturated carbocycles. The van der Waals surface area contributed by atoms with Crippen LogP contribution in [0.4, 0.5) is 0 Å². The van der Waals surface area contributed by atoms with Crippen molar-refractivity contribution in [2.24, 2.45) is 0 Å². The average molecular weight is 378 g/mol. The summed E-state index contributed by atoms with van der Waals surface area (Å²) in [5, 5.41) is 2.91. The number of nitrogens with one attached hydrogen (secondary N) is 1. The molecule has 0 saturated heterocycles. The summed E-state index contributed by atoms with van der Waals surface area (Å²) in [6.45, 7) is 0.766. The number of hydrogen-bond donors (Lipinski definition) is 1. The highest BCUT2D eigenvalue weighted by molar-refractivity contribution is 5.96. The van der Waals surface area contributed by atoms with Crippen LogP contribution in [0.25, 0.3) is 11.2 Å². The Bertz CT molecular complexity index is 1010. The first-order valence-corrected chi connectivity index (χ1v) is 9.77. The van der Waals surface area contributed by atoms with Gasteiger partial charge in [-0.15, -0.1) is 0 Å². The molecule has 1 aliphatic carbocycles. The molecule has 1 aliphatic heterocycles. The predicted octanol–water partition coefficient (Wildman–Crippen LogP) is 3.12. The number of pyridine rings is 1. The van der Waals surface area contributed by atoms with Crippen LogP contribution >= 0.6 is 0 Å². The van der Waals surface area contributed by atoms with Gasteiger partial charge in [0.25, 0.3) is 5.91 Å². The Kier molecular flexibility index (Phi) is 4.35. The van der Waals surface area contributed by atoms with Crippen LogP contribution in [0, 0.1) is 0 Å². The molecule has 144 valence electrons. The number of benzene rings is 1. The fraction of sp³-hybridized carbons (Fsp3) is 0.381. The Morgan fingerprint density at radius 3 is 2.86 bits per heavy atom. The van der Waals surface area contributed by atoms with Crippen LogP contribution < -0.4 is 14.8 Å². The van der Waals surface area contributed by atoms with Crippen molar-refractivity contribution in [2.75, 3.05) is 13.2 Å². The van der Waals surface area contributed by atoms with Gasteiger partial charge in [-0.05, 0) is 31.0 Å². The molecule has 0 bridgehead atoms. The van der Waals surface area contributed by atoms with Crippen molar-refractivity contribution >= 4 is 17.1 Å². The Morgan fingerprint density at radius 1 is 1.18 bits per heavy atom. The number of imidazole rings is 1. The van der Waals surface area contributed by atoms with Crippen LogP contribution in [0.1, 0.15) is 42.1 Å². The zero-order valence-electron chi connectivity index (χ0n) is 15.5. The number of fused-ring (bicyclic) bond motifs is 2. The van der Waals surface area contributed by atoms with Gasteiger partial charge in [0.05, 0.1) is 18.4 Å². The summed E-state index contributed by atoms with van der Waals surface area (Å²) in [6.07, 6.45) is 8.09. The molecule has 0 radical (unpaired) electrons. The summed E-state index contributed by atoms with van der Waals surface area (Å²) in [6, 6.07) is 9.81. The van der Waals surface area contributed by atoms with E-state index < -0.39 is 0 Å². The first kappa shape index (κ1) is 17.0. The van der Waals surface area contributed by atoms with Crippen molar-refractivity contribution in [1.82, 2.24) is 19.9 Å². The van der Waals surface area contributed by atoms with Gasteiger partial charge in [0, 0.05) is 12.2 Å². The highest BCUT2D eigenvalue weighted by Gasteiger charge is 2.22. The lowest BCUT2D eigenvalue weighted by Crippen LogP contribution is -2.40. The monoisotopic (exact) mass is 378 g/mol. The van der Waals surface area contributed by atoms with Crippen molar-refractivity contribution in [3.05, 3.63) is 48.4 Å². The molecule has 1 N–H and O–H groups in total. The summed E-state index contributed by atoms with van der Waals surface area (Å²) in [4.78, 5) is 21.5. The molecular formula is C21H22N4O3. The first-order valence-electron chi connectivity index (χ1n) is 9.77. The highest BCUT2D eigenvalue weighted by atomic mass is 16.6. The lowest BCUT2D eigenvalue weighted by molar-refractivity contribution is 0.0789. The number of hydrogen-bond acceptors (Lipinski definition) is 5. The average Bonchev–Trinajstić information content (AvgIpc) is 3.40. The van der Waals surface area contributed by atoms with Crippen molar-refractivity contribution in [2.45, 2.75) is 37.8 Å². The van der Waals surface area contributed by atoms with E-state index in [1.807, 2.05) is 30.6 Å². The van der Waals surface area contributed by atoms with E-state index in [2.05, 4.69) is 19.9 Å². The normalized spacial score (nSPS) is 19.1. The van der Waals surface area contributed by atoms with Gasteiger partial charge in [0.2, 0.25) is 0 Å².